The third-order valence-corrected chi connectivity index (χ3v) is 3.55. The van der Waals surface area contributed by atoms with Gasteiger partial charge in [0.05, 0.1) is 25.4 Å². The summed E-state index contributed by atoms with van der Waals surface area (Å²) in [6, 6.07) is 10.0. The number of hydrogen-bond donors (Lipinski definition) is 0. The Bertz CT molecular complexity index is 477. The van der Waals surface area contributed by atoms with Gasteiger partial charge in [0.15, 0.2) is 5.78 Å². The highest BCUT2D eigenvalue weighted by Gasteiger charge is 2.24. The lowest BCUT2D eigenvalue weighted by molar-refractivity contribution is -0.147. The molecule has 1 aromatic rings. The van der Waals surface area contributed by atoms with Crippen molar-refractivity contribution >= 4 is 11.8 Å². The monoisotopic (exact) mass is 306 g/mol. The average Bonchev–Trinajstić information content (AvgIpc) is 2.53. The van der Waals surface area contributed by atoms with E-state index in [1.54, 1.807) is 0 Å². The van der Waals surface area contributed by atoms with Crippen LogP contribution in [-0.4, -0.2) is 37.2 Å². The first-order chi connectivity index (χ1) is 10.6. The first-order valence-electron chi connectivity index (χ1n) is 7.55. The van der Waals surface area contributed by atoms with Gasteiger partial charge in [0, 0.05) is 13.3 Å². The van der Waals surface area contributed by atoms with Gasteiger partial charge in [-0.3, -0.25) is 9.59 Å². The van der Waals surface area contributed by atoms with Gasteiger partial charge in [-0.1, -0.05) is 30.3 Å². The molecule has 1 saturated heterocycles. The lowest BCUT2D eigenvalue weighted by atomic mass is 10.0. The van der Waals surface area contributed by atoms with Crippen molar-refractivity contribution in [1.29, 1.82) is 0 Å². The summed E-state index contributed by atoms with van der Waals surface area (Å²) < 4.78 is 16.2. The zero-order valence-electron chi connectivity index (χ0n) is 12.8. The number of carbonyl (C=O) groups is 2. The van der Waals surface area contributed by atoms with Crippen molar-refractivity contribution in [3.8, 4) is 0 Å². The molecule has 0 unspecified atom stereocenters. The summed E-state index contributed by atoms with van der Waals surface area (Å²) in [5.41, 5.74) is 1.14. The molecule has 120 valence electrons. The van der Waals surface area contributed by atoms with Gasteiger partial charge < -0.3 is 14.2 Å². The van der Waals surface area contributed by atoms with E-state index in [9.17, 15) is 9.59 Å². The molecule has 2 rings (SSSR count). The fourth-order valence-electron chi connectivity index (χ4n) is 2.36. The second kappa shape index (κ2) is 8.66. The fraction of sp³-hybridized carbons (Fsp3) is 0.529. The van der Waals surface area contributed by atoms with Gasteiger partial charge in [-0.25, -0.2) is 0 Å². The van der Waals surface area contributed by atoms with E-state index in [0.717, 1.165) is 18.4 Å². The summed E-state index contributed by atoms with van der Waals surface area (Å²) >= 11 is 0. The van der Waals surface area contributed by atoms with Crippen molar-refractivity contribution in [2.24, 2.45) is 0 Å². The highest BCUT2D eigenvalue weighted by atomic mass is 16.5. The zero-order chi connectivity index (χ0) is 15.8. The number of ether oxygens (including phenoxy) is 3. The van der Waals surface area contributed by atoms with Crippen LogP contribution in [0.2, 0.25) is 0 Å². The third-order valence-electron chi connectivity index (χ3n) is 3.55. The Balaban J connectivity index is 1.63. The molecule has 0 bridgehead atoms. The molecular formula is C17H22O5. The molecule has 1 aliphatic rings. The number of benzene rings is 1. The second-order valence-electron chi connectivity index (χ2n) is 5.47. The lowest BCUT2D eigenvalue weighted by Crippen LogP contribution is -2.33. The standard InChI is InChI=1S/C17H22O5/c1-13(18)20-11-15(19)9-16-7-8-17(12-22-16)21-10-14-5-3-2-4-6-14/h2-6,16-17H,7-12H2,1H3/t16-,17+/m1/s1. The molecule has 0 aliphatic carbocycles. The third kappa shape index (κ3) is 5.95. The Kier molecular flexibility index (Phi) is 6.55. The van der Waals surface area contributed by atoms with Crippen LogP contribution in [0.1, 0.15) is 31.7 Å². The Labute approximate surface area is 130 Å². The summed E-state index contributed by atoms with van der Waals surface area (Å²) in [7, 11) is 0. The molecule has 1 aromatic carbocycles. The largest absolute Gasteiger partial charge is 0.458 e. The number of Topliss-reactive ketones (excluding diaryl/α,β-unsaturated/α-hetero) is 1. The molecular weight excluding hydrogens is 284 g/mol. The molecule has 22 heavy (non-hydrogen) atoms. The smallest absolute Gasteiger partial charge is 0.303 e. The SMILES string of the molecule is CC(=O)OCC(=O)C[C@H]1CC[C@H](OCc2ccccc2)CO1. The average molecular weight is 306 g/mol. The van der Waals surface area contributed by atoms with Gasteiger partial charge in [0.1, 0.15) is 6.61 Å². The van der Waals surface area contributed by atoms with Crippen molar-refractivity contribution in [3.05, 3.63) is 35.9 Å². The maximum absolute atomic E-state index is 11.6. The van der Waals surface area contributed by atoms with E-state index in [0.29, 0.717) is 19.6 Å². The molecule has 0 saturated carbocycles. The van der Waals surface area contributed by atoms with Crippen molar-refractivity contribution < 1.29 is 23.8 Å². The van der Waals surface area contributed by atoms with Gasteiger partial charge >= 0.3 is 5.97 Å². The summed E-state index contributed by atoms with van der Waals surface area (Å²) in [6.45, 7) is 2.20. The van der Waals surface area contributed by atoms with Crippen LogP contribution in [-0.2, 0) is 30.4 Å². The molecule has 0 N–H and O–H groups in total. The van der Waals surface area contributed by atoms with Crippen molar-refractivity contribution in [1.82, 2.24) is 0 Å². The maximum Gasteiger partial charge on any atom is 0.303 e. The van der Waals surface area contributed by atoms with Crippen molar-refractivity contribution in [2.45, 2.75) is 45.0 Å². The van der Waals surface area contributed by atoms with Crippen LogP contribution in [0.3, 0.4) is 0 Å². The maximum atomic E-state index is 11.6. The molecule has 2 atom stereocenters. The number of rotatable bonds is 7. The van der Waals surface area contributed by atoms with Crippen LogP contribution in [0.25, 0.3) is 0 Å². The van der Waals surface area contributed by atoms with Crippen LogP contribution in [0.15, 0.2) is 30.3 Å². The normalized spacial score (nSPS) is 21.3. The topological polar surface area (TPSA) is 61.8 Å². The summed E-state index contributed by atoms with van der Waals surface area (Å²) in [5.74, 6) is -0.545. The van der Waals surface area contributed by atoms with Crippen LogP contribution in [0, 0.1) is 0 Å². The van der Waals surface area contributed by atoms with Crippen LogP contribution < -0.4 is 0 Å². The zero-order valence-corrected chi connectivity index (χ0v) is 12.8. The Hall–Kier alpha value is -1.72. The van der Waals surface area contributed by atoms with Crippen LogP contribution in [0.4, 0.5) is 0 Å². The minimum absolute atomic E-state index is 0.0695. The Morgan fingerprint density at radius 3 is 2.64 bits per heavy atom. The number of carbonyl (C=O) groups excluding carboxylic acids is 2. The van der Waals surface area contributed by atoms with E-state index in [-0.39, 0.29) is 24.6 Å². The molecule has 0 radical (unpaired) electrons. The van der Waals surface area contributed by atoms with Gasteiger partial charge in [-0.2, -0.15) is 0 Å². The molecule has 5 nitrogen and oxygen atoms in total. The predicted octanol–water partition coefficient (Wildman–Crippen LogP) is 2.27. The fourth-order valence-corrected chi connectivity index (χ4v) is 2.36. The molecule has 0 aromatic heterocycles. The Morgan fingerprint density at radius 2 is 2.00 bits per heavy atom. The van der Waals surface area contributed by atoms with Gasteiger partial charge in [0.25, 0.3) is 0 Å². The van der Waals surface area contributed by atoms with Crippen LogP contribution >= 0.6 is 0 Å². The van der Waals surface area contributed by atoms with Crippen molar-refractivity contribution in [2.75, 3.05) is 13.2 Å². The van der Waals surface area contributed by atoms with Crippen molar-refractivity contribution in [3.63, 3.8) is 0 Å². The molecule has 1 fully saturated rings. The van der Waals surface area contributed by atoms with E-state index >= 15 is 0 Å². The molecule has 5 heteroatoms. The first kappa shape index (κ1) is 16.6. The minimum atomic E-state index is -0.438. The highest BCUT2D eigenvalue weighted by molar-refractivity contribution is 5.82. The van der Waals surface area contributed by atoms with E-state index in [1.807, 2.05) is 30.3 Å². The summed E-state index contributed by atoms with van der Waals surface area (Å²) in [6.07, 6.45) is 1.92. The molecule has 1 heterocycles. The van der Waals surface area contributed by atoms with E-state index in [1.165, 1.54) is 6.92 Å². The minimum Gasteiger partial charge on any atom is -0.458 e. The summed E-state index contributed by atoms with van der Waals surface area (Å²) in [4.78, 5) is 22.3. The van der Waals surface area contributed by atoms with Gasteiger partial charge in [-0.15, -0.1) is 0 Å². The van der Waals surface area contributed by atoms with Gasteiger partial charge in [0.2, 0.25) is 0 Å². The van der Waals surface area contributed by atoms with E-state index in [4.69, 9.17) is 9.47 Å². The van der Waals surface area contributed by atoms with E-state index in [2.05, 4.69) is 4.74 Å². The molecule has 1 aliphatic heterocycles. The molecule has 0 amide bonds. The number of hydrogen-bond acceptors (Lipinski definition) is 5. The number of esters is 1. The lowest BCUT2D eigenvalue weighted by Gasteiger charge is -2.28. The second-order valence-corrected chi connectivity index (χ2v) is 5.47. The van der Waals surface area contributed by atoms with Gasteiger partial charge in [-0.05, 0) is 18.4 Å². The predicted molar refractivity (Wildman–Crippen MR) is 80.3 cm³/mol. The highest BCUT2D eigenvalue weighted by Crippen LogP contribution is 2.20. The first-order valence-corrected chi connectivity index (χ1v) is 7.55. The summed E-state index contributed by atoms with van der Waals surface area (Å²) in [5, 5.41) is 0. The quantitative estimate of drug-likeness (QED) is 0.723. The molecule has 0 spiro atoms. The number of ketones is 1. The van der Waals surface area contributed by atoms with E-state index < -0.39 is 5.97 Å². The Morgan fingerprint density at radius 1 is 1.23 bits per heavy atom. The van der Waals surface area contributed by atoms with Crippen LogP contribution in [0.5, 0.6) is 0 Å².